The van der Waals surface area contributed by atoms with Crippen LogP contribution in [-0.2, 0) is 10.9 Å². The highest BCUT2D eigenvalue weighted by atomic mass is 35.5. The average molecular weight is 663 g/mol. The van der Waals surface area contributed by atoms with Gasteiger partial charge in [-0.15, -0.1) is 0 Å². The van der Waals surface area contributed by atoms with Crippen LogP contribution in [0.3, 0.4) is 0 Å². The summed E-state index contributed by atoms with van der Waals surface area (Å²) in [6, 6.07) is 5.84. The summed E-state index contributed by atoms with van der Waals surface area (Å²) in [7, 11) is 0. The second-order valence-corrected chi connectivity index (χ2v) is 11.1. The van der Waals surface area contributed by atoms with Crippen molar-refractivity contribution in [2.24, 2.45) is 0 Å². The summed E-state index contributed by atoms with van der Waals surface area (Å²) in [5.41, 5.74) is 4.54. The molecule has 3 rings (SSSR count). The summed E-state index contributed by atoms with van der Waals surface area (Å²) in [5, 5.41) is 2.58. The monoisotopic (exact) mass is 661 g/mol. The zero-order chi connectivity index (χ0) is 31.4. The third-order valence-corrected chi connectivity index (χ3v) is 7.28. The van der Waals surface area contributed by atoms with E-state index in [0.29, 0.717) is 0 Å². The van der Waals surface area contributed by atoms with Crippen LogP contribution < -0.4 is 16.2 Å². The number of hydrogen-bond acceptors (Lipinski definition) is 6. The van der Waals surface area contributed by atoms with E-state index in [1.165, 1.54) is 75.3 Å². The lowest BCUT2D eigenvalue weighted by molar-refractivity contribution is -0.144. The molecule has 234 valence electrons. The molecule has 0 unspecified atom stereocenters. The number of nitrogens with zero attached hydrogens (tertiary/aromatic N) is 2. The lowest BCUT2D eigenvalue weighted by Gasteiger charge is -2.15. The molecular weight excluding hydrogens is 630 g/mol. The third-order valence-electron chi connectivity index (χ3n) is 6.45. The number of hydrazine groups is 1. The van der Waals surface area contributed by atoms with Crippen LogP contribution in [0.4, 0.5) is 29.5 Å². The number of urea groups is 1. The number of carbonyl (C=O) groups excluding carboxylic acids is 2. The molecule has 2 amide bonds. The predicted octanol–water partition coefficient (Wildman–Crippen LogP) is 9.84. The molecule has 0 aliphatic carbocycles. The van der Waals surface area contributed by atoms with E-state index in [9.17, 15) is 22.8 Å². The van der Waals surface area contributed by atoms with Gasteiger partial charge < -0.3 is 10.1 Å². The van der Waals surface area contributed by atoms with Crippen molar-refractivity contribution in [1.82, 2.24) is 15.4 Å². The first-order valence-corrected chi connectivity index (χ1v) is 15.2. The quantitative estimate of drug-likeness (QED) is 0.0850. The van der Waals surface area contributed by atoms with Crippen LogP contribution in [0, 0.1) is 0 Å². The fourth-order valence-electron chi connectivity index (χ4n) is 4.23. The Morgan fingerprint density at radius 2 is 1.51 bits per heavy atom. The fraction of sp³-hybridized carbons (Fsp3) is 0.448. The van der Waals surface area contributed by atoms with E-state index in [1.807, 2.05) is 0 Å². The van der Waals surface area contributed by atoms with Crippen molar-refractivity contribution >= 4 is 69.2 Å². The zero-order valence-electron chi connectivity index (χ0n) is 23.6. The number of ether oxygens (including phenoxy) is 1. The number of fused-ring (bicyclic) bond motifs is 1. The number of amides is 2. The van der Waals surface area contributed by atoms with Crippen LogP contribution in [0.5, 0.6) is 0 Å². The molecule has 1 aromatic heterocycles. The number of hydrogen-bond donors (Lipinski definition) is 3. The highest BCUT2D eigenvalue weighted by molar-refractivity contribution is 6.38. The van der Waals surface area contributed by atoms with Crippen LogP contribution in [0.25, 0.3) is 10.9 Å². The Kier molecular flexibility index (Phi) is 13.4. The molecule has 0 saturated carbocycles. The minimum absolute atomic E-state index is 0.0379. The van der Waals surface area contributed by atoms with E-state index < -0.39 is 29.8 Å². The molecular formula is C29H33Cl3F3N5O3. The van der Waals surface area contributed by atoms with Gasteiger partial charge in [-0.1, -0.05) is 99.5 Å². The number of anilines is 2. The van der Waals surface area contributed by atoms with E-state index >= 15 is 0 Å². The highest BCUT2D eigenvalue weighted by Crippen LogP contribution is 2.34. The van der Waals surface area contributed by atoms with E-state index in [4.69, 9.17) is 39.5 Å². The third kappa shape index (κ3) is 10.9. The van der Waals surface area contributed by atoms with Crippen molar-refractivity contribution in [2.45, 2.75) is 77.3 Å². The van der Waals surface area contributed by atoms with Crippen molar-refractivity contribution < 1.29 is 27.5 Å². The molecule has 0 aliphatic heterocycles. The largest absolute Gasteiger partial charge is 0.462 e. The Bertz CT molecular complexity index is 1410. The van der Waals surface area contributed by atoms with Gasteiger partial charge in [-0.3, -0.25) is 10.9 Å². The molecule has 0 saturated heterocycles. The molecule has 0 bridgehead atoms. The number of esters is 1. The van der Waals surface area contributed by atoms with Crippen molar-refractivity contribution in [3.05, 3.63) is 56.8 Å². The standard InChI is InChI=1S/C29H33Cl3F3N5O3/c1-2-3-4-5-6-7-8-9-10-11-14-43-26(41)18-12-13-21(31)23(15-18)36-28(42)40-39-25-20-16-19(30)17-22(32)24(20)37-27(38-25)29(33,34)35/h12-13,15-17H,2-11,14H2,1H3,(H2,36,40,42)(H,37,38,39). The first-order chi connectivity index (χ1) is 20.5. The molecule has 3 aromatic rings. The molecule has 0 radical (unpaired) electrons. The predicted molar refractivity (Wildman–Crippen MR) is 164 cm³/mol. The van der Waals surface area contributed by atoms with Crippen molar-refractivity contribution in [3.8, 4) is 0 Å². The van der Waals surface area contributed by atoms with Gasteiger partial charge in [0.15, 0.2) is 5.82 Å². The van der Waals surface area contributed by atoms with Gasteiger partial charge >= 0.3 is 18.2 Å². The Balaban J connectivity index is 1.53. The fourth-order valence-corrected chi connectivity index (χ4v) is 4.93. The van der Waals surface area contributed by atoms with E-state index in [0.717, 1.165) is 19.3 Å². The second-order valence-electron chi connectivity index (χ2n) is 9.89. The van der Waals surface area contributed by atoms with Crippen LogP contribution in [-0.4, -0.2) is 28.6 Å². The van der Waals surface area contributed by atoms with Gasteiger partial charge in [0.25, 0.3) is 0 Å². The smallest absolute Gasteiger partial charge is 0.451 e. The lowest BCUT2D eigenvalue weighted by Crippen LogP contribution is -2.34. The van der Waals surface area contributed by atoms with Gasteiger partial charge in [-0.25, -0.2) is 19.6 Å². The minimum atomic E-state index is -4.88. The van der Waals surface area contributed by atoms with E-state index in [-0.39, 0.29) is 43.8 Å². The average Bonchev–Trinajstić information content (AvgIpc) is 2.95. The normalized spacial score (nSPS) is 11.4. The Morgan fingerprint density at radius 3 is 2.16 bits per heavy atom. The Morgan fingerprint density at radius 1 is 0.860 bits per heavy atom. The maximum Gasteiger partial charge on any atom is 0.451 e. The molecule has 3 N–H and O–H groups in total. The summed E-state index contributed by atoms with van der Waals surface area (Å²) in [5.74, 6) is -2.44. The number of rotatable bonds is 15. The number of aromatic nitrogens is 2. The van der Waals surface area contributed by atoms with Gasteiger partial charge in [-0.2, -0.15) is 13.2 Å². The summed E-state index contributed by atoms with van der Waals surface area (Å²) in [6.45, 7) is 2.47. The Labute approximate surface area is 263 Å². The summed E-state index contributed by atoms with van der Waals surface area (Å²) in [6.07, 6.45) is 6.69. The lowest BCUT2D eigenvalue weighted by atomic mass is 10.1. The van der Waals surface area contributed by atoms with Gasteiger partial charge in [0.2, 0.25) is 5.82 Å². The van der Waals surface area contributed by atoms with Gasteiger partial charge in [0.05, 0.1) is 33.4 Å². The number of carbonyl (C=O) groups is 2. The molecule has 0 aliphatic rings. The first-order valence-electron chi connectivity index (χ1n) is 14.0. The number of alkyl halides is 3. The zero-order valence-corrected chi connectivity index (χ0v) is 25.8. The van der Waals surface area contributed by atoms with Crippen LogP contribution in [0.2, 0.25) is 15.1 Å². The van der Waals surface area contributed by atoms with Crippen LogP contribution in [0.15, 0.2) is 30.3 Å². The van der Waals surface area contributed by atoms with Crippen LogP contribution >= 0.6 is 34.8 Å². The van der Waals surface area contributed by atoms with Gasteiger partial charge in [-0.05, 0) is 36.8 Å². The second kappa shape index (κ2) is 16.7. The van der Waals surface area contributed by atoms with Gasteiger partial charge in [0.1, 0.15) is 0 Å². The summed E-state index contributed by atoms with van der Waals surface area (Å²) in [4.78, 5) is 32.0. The SMILES string of the molecule is CCCCCCCCCCCCOC(=O)c1ccc(Cl)c(NC(=O)NNc2nc(C(F)(F)F)nc3c(Cl)cc(Cl)cc23)c1. The number of benzene rings is 2. The molecule has 0 atom stereocenters. The molecule has 0 fully saturated rings. The van der Waals surface area contributed by atoms with Gasteiger partial charge in [0, 0.05) is 10.4 Å². The maximum atomic E-state index is 13.4. The highest BCUT2D eigenvalue weighted by Gasteiger charge is 2.36. The molecule has 14 heteroatoms. The molecule has 8 nitrogen and oxygen atoms in total. The maximum absolute atomic E-state index is 13.4. The molecule has 43 heavy (non-hydrogen) atoms. The van der Waals surface area contributed by atoms with E-state index in [1.54, 1.807) is 0 Å². The van der Waals surface area contributed by atoms with E-state index in [2.05, 4.69) is 33.1 Å². The Hall–Kier alpha value is -3.02. The summed E-state index contributed by atoms with van der Waals surface area (Å²) < 4.78 is 45.5. The number of unbranched alkanes of at least 4 members (excludes halogenated alkanes) is 9. The number of nitrogens with one attached hydrogen (secondary N) is 3. The summed E-state index contributed by atoms with van der Waals surface area (Å²) >= 11 is 18.2. The van der Waals surface area contributed by atoms with Crippen molar-refractivity contribution in [2.75, 3.05) is 17.3 Å². The molecule has 0 spiro atoms. The number of halogens is 6. The van der Waals surface area contributed by atoms with Crippen molar-refractivity contribution in [1.29, 1.82) is 0 Å². The van der Waals surface area contributed by atoms with Crippen molar-refractivity contribution in [3.63, 3.8) is 0 Å². The topological polar surface area (TPSA) is 105 Å². The van der Waals surface area contributed by atoms with Crippen LogP contribution in [0.1, 0.15) is 87.3 Å². The first kappa shape index (κ1) is 34.5. The molecule has 2 aromatic carbocycles. The minimum Gasteiger partial charge on any atom is -0.462 e. The molecule has 1 heterocycles.